The molecule has 0 unspecified atom stereocenters. The molecule has 0 radical (unpaired) electrons. The number of nitrogens with zero attached hydrogens (tertiary/aromatic N) is 1. The van der Waals surface area contributed by atoms with Gasteiger partial charge in [-0.25, -0.2) is 4.98 Å². The Labute approximate surface area is 146 Å². The second kappa shape index (κ2) is 6.06. The fourth-order valence-electron chi connectivity index (χ4n) is 3.00. The smallest absolute Gasteiger partial charge is 0.257 e. The zero-order valence-electron chi connectivity index (χ0n) is 12.4. The van der Waals surface area contributed by atoms with Crippen LogP contribution >= 0.6 is 27.3 Å². The summed E-state index contributed by atoms with van der Waals surface area (Å²) in [5.74, 6) is -0.0866. The monoisotopic (exact) mass is 386 g/mol. The summed E-state index contributed by atoms with van der Waals surface area (Å²) in [4.78, 5) is 17.0. The molecule has 2 aromatic carbocycles. The van der Waals surface area contributed by atoms with Crippen molar-refractivity contribution in [2.24, 2.45) is 0 Å². The Kier molecular flexibility index (Phi) is 3.91. The van der Waals surface area contributed by atoms with Crippen LogP contribution < -0.4 is 5.32 Å². The maximum absolute atomic E-state index is 12.5. The molecule has 0 fully saturated rings. The van der Waals surface area contributed by atoms with E-state index in [0.717, 1.165) is 27.5 Å². The van der Waals surface area contributed by atoms with Crippen molar-refractivity contribution in [1.82, 2.24) is 4.98 Å². The fraction of sp³-hybridized carbons (Fsp3) is 0.222. The summed E-state index contributed by atoms with van der Waals surface area (Å²) in [5, 5.41) is 3.57. The van der Waals surface area contributed by atoms with Gasteiger partial charge >= 0.3 is 0 Å². The number of aryl methyl sites for hydroxylation is 2. The number of hydrogen-bond acceptors (Lipinski definition) is 3. The number of hydrogen-bond donors (Lipinski definition) is 1. The van der Waals surface area contributed by atoms with Crippen LogP contribution in [0.4, 0.5) is 5.13 Å². The lowest BCUT2D eigenvalue weighted by atomic mass is 9.90. The summed E-state index contributed by atoms with van der Waals surface area (Å²) in [5.41, 5.74) is 4.32. The van der Waals surface area contributed by atoms with Crippen LogP contribution in [0.15, 0.2) is 40.9 Å². The second-order valence-electron chi connectivity index (χ2n) is 5.78. The van der Waals surface area contributed by atoms with Crippen LogP contribution in [-0.2, 0) is 12.8 Å². The molecular weight excluding hydrogens is 372 g/mol. The molecule has 0 aliphatic heterocycles. The van der Waals surface area contributed by atoms with Gasteiger partial charge in [-0.15, -0.1) is 0 Å². The van der Waals surface area contributed by atoms with E-state index in [1.54, 1.807) is 0 Å². The van der Waals surface area contributed by atoms with Gasteiger partial charge in [0.2, 0.25) is 0 Å². The molecule has 3 nitrogen and oxygen atoms in total. The molecule has 1 aliphatic rings. The molecule has 0 atom stereocenters. The lowest BCUT2D eigenvalue weighted by molar-refractivity contribution is 0.102. The lowest BCUT2D eigenvalue weighted by Gasteiger charge is -2.16. The summed E-state index contributed by atoms with van der Waals surface area (Å²) in [7, 11) is 0. The highest BCUT2D eigenvalue weighted by molar-refractivity contribution is 9.10. The van der Waals surface area contributed by atoms with Gasteiger partial charge in [0.05, 0.1) is 10.2 Å². The van der Waals surface area contributed by atoms with Gasteiger partial charge in [0.15, 0.2) is 5.13 Å². The van der Waals surface area contributed by atoms with Gasteiger partial charge in [0.25, 0.3) is 5.91 Å². The predicted molar refractivity (Wildman–Crippen MR) is 98.4 cm³/mol. The van der Waals surface area contributed by atoms with Crippen LogP contribution in [0, 0.1) is 0 Å². The van der Waals surface area contributed by atoms with E-state index in [1.807, 2.05) is 30.3 Å². The summed E-state index contributed by atoms with van der Waals surface area (Å²) in [6, 6.07) is 12.0. The Bertz CT molecular complexity index is 903. The van der Waals surface area contributed by atoms with Crippen LogP contribution in [0.3, 0.4) is 0 Å². The summed E-state index contributed by atoms with van der Waals surface area (Å²) >= 11 is 4.95. The molecule has 1 aliphatic carbocycles. The minimum atomic E-state index is -0.0866. The number of benzene rings is 2. The first-order chi connectivity index (χ1) is 11.2. The van der Waals surface area contributed by atoms with E-state index < -0.39 is 0 Å². The molecule has 1 N–H and O–H groups in total. The molecule has 1 heterocycles. The third-order valence-electron chi connectivity index (χ3n) is 4.18. The van der Waals surface area contributed by atoms with E-state index in [9.17, 15) is 4.79 Å². The minimum absolute atomic E-state index is 0.0866. The standard InChI is InChI=1S/C18H15BrN2OS/c19-14-7-8-15-16(10-14)23-18(20-15)21-17(22)13-6-5-11-3-1-2-4-12(11)9-13/h5-10H,1-4H2,(H,20,21,22). The van der Waals surface area contributed by atoms with Crippen molar-refractivity contribution in [3.63, 3.8) is 0 Å². The van der Waals surface area contributed by atoms with Crippen LogP contribution in [0.25, 0.3) is 10.2 Å². The number of carbonyl (C=O) groups is 1. The maximum atomic E-state index is 12.5. The largest absolute Gasteiger partial charge is 0.298 e. The van der Waals surface area contributed by atoms with Crippen molar-refractivity contribution in [3.8, 4) is 0 Å². The highest BCUT2D eigenvalue weighted by Gasteiger charge is 2.14. The Morgan fingerprint density at radius 1 is 1.09 bits per heavy atom. The normalized spacial score (nSPS) is 13.8. The number of halogens is 1. The summed E-state index contributed by atoms with van der Waals surface area (Å²) in [6.45, 7) is 0. The molecule has 4 rings (SSSR count). The molecule has 0 saturated carbocycles. The first kappa shape index (κ1) is 14.8. The van der Waals surface area contributed by atoms with E-state index in [1.165, 1.54) is 35.3 Å². The third-order valence-corrected chi connectivity index (χ3v) is 5.61. The Morgan fingerprint density at radius 3 is 2.78 bits per heavy atom. The first-order valence-electron chi connectivity index (χ1n) is 7.68. The molecule has 0 saturated heterocycles. The highest BCUT2D eigenvalue weighted by atomic mass is 79.9. The number of fused-ring (bicyclic) bond motifs is 2. The molecule has 1 aromatic heterocycles. The fourth-order valence-corrected chi connectivity index (χ4v) is 4.41. The zero-order valence-corrected chi connectivity index (χ0v) is 14.8. The van der Waals surface area contributed by atoms with Crippen LogP contribution in [0.1, 0.15) is 34.3 Å². The molecule has 3 aromatic rings. The quantitative estimate of drug-likeness (QED) is 0.658. The number of carbonyl (C=O) groups excluding carboxylic acids is 1. The number of nitrogens with one attached hydrogen (secondary N) is 1. The van der Waals surface area contributed by atoms with Crippen molar-refractivity contribution in [1.29, 1.82) is 0 Å². The Morgan fingerprint density at radius 2 is 1.91 bits per heavy atom. The molecule has 0 bridgehead atoms. The summed E-state index contributed by atoms with van der Waals surface area (Å²) in [6.07, 6.45) is 4.67. The highest BCUT2D eigenvalue weighted by Crippen LogP contribution is 2.29. The van der Waals surface area contributed by atoms with Gasteiger partial charge in [-0.1, -0.05) is 33.3 Å². The molecular formula is C18H15BrN2OS. The maximum Gasteiger partial charge on any atom is 0.257 e. The molecule has 5 heteroatoms. The van der Waals surface area contributed by atoms with Gasteiger partial charge in [0.1, 0.15) is 0 Å². The van der Waals surface area contributed by atoms with E-state index in [0.29, 0.717) is 10.7 Å². The predicted octanol–water partition coefficient (Wildman–Crippen LogP) is 5.19. The molecule has 0 spiro atoms. The van der Waals surface area contributed by atoms with Crippen LogP contribution in [-0.4, -0.2) is 10.9 Å². The molecule has 1 amide bonds. The van der Waals surface area contributed by atoms with Gasteiger partial charge < -0.3 is 0 Å². The minimum Gasteiger partial charge on any atom is -0.298 e. The number of amides is 1. The number of thiazole rings is 1. The van der Waals surface area contributed by atoms with E-state index in [4.69, 9.17) is 0 Å². The number of aromatic nitrogens is 1. The van der Waals surface area contributed by atoms with E-state index in [2.05, 4.69) is 32.3 Å². The first-order valence-corrected chi connectivity index (χ1v) is 9.29. The van der Waals surface area contributed by atoms with Crippen molar-refractivity contribution in [2.75, 3.05) is 5.32 Å². The topological polar surface area (TPSA) is 42.0 Å². The SMILES string of the molecule is O=C(Nc1nc2ccc(Br)cc2s1)c1ccc2c(c1)CCCC2. The molecule has 116 valence electrons. The average molecular weight is 387 g/mol. The Balaban J connectivity index is 1.58. The van der Waals surface area contributed by atoms with Crippen molar-refractivity contribution in [3.05, 3.63) is 57.6 Å². The average Bonchev–Trinajstić information content (AvgIpc) is 2.95. The zero-order chi connectivity index (χ0) is 15.8. The Hall–Kier alpha value is -1.72. The van der Waals surface area contributed by atoms with Gasteiger partial charge in [0, 0.05) is 10.0 Å². The van der Waals surface area contributed by atoms with Crippen molar-refractivity contribution in [2.45, 2.75) is 25.7 Å². The van der Waals surface area contributed by atoms with Crippen LogP contribution in [0.2, 0.25) is 0 Å². The van der Waals surface area contributed by atoms with Gasteiger partial charge in [-0.2, -0.15) is 0 Å². The van der Waals surface area contributed by atoms with Crippen LogP contribution in [0.5, 0.6) is 0 Å². The van der Waals surface area contributed by atoms with E-state index >= 15 is 0 Å². The van der Waals surface area contributed by atoms with Gasteiger partial charge in [-0.3, -0.25) is 10.1 Å². The van der Waals surface area contributed by atoms with Gasteiger partial charge in [-0.05, 0) is 67.1 Å². The second-order valence-corrected chi connectivity index (χ2v) is 7.72. The number of rotatable bonds is 2. The van der Waals surface area contributed by atoms with E-state index in [-0.39, 0.29) is 5.91 Å². The summed E-state index contributed by atoms with van der Waals surface area (Å²) < 4.78 is 2.07. The van der Waals surface area contributed by atoms with Crippen molar-refractivity contribution >= 4 is 48.5 Å². The number of anilines is 1. The van der Waals surface area contributed by atoms with Crippen molar-refractivity contribution < 1.29 is 4.79 Å². The third kappa shape index (κ3) is 3.03. The molecule has 23 heavy (non-hydrogen) atoms. The lowest BCUT2D eigenvalue weighted by Crippen LogP contribution is -2.13.